The van der Waals surface area contributed by atoms with Crippen molar-refractivity contribution in [1.82, 2.24) is 9.62 Å². The summed E-state index contributed by atoms with van der Waals surface area (Å²) < 4.78 is 29.4. The molecule has 1 amide bonds. The van der Waals surface area contributed by atoms with Crippen LogP contribution in [0, 0.1) is 0 Å². The van der Waals surface area contributed by atoms with Gasteiger partial charge in [-0.05, 0) is 6.07 Å². The Morgan fingerprint density at radius 2 is 1.95 bits per heavy atom. The van der Waals surface area contributed by atoms with Crippen LogP contribution in [0.2, 0.25) is 0 Å². The number of methoxy groups -OCH3 is 1. The number of rotatable bonds is 7. The van der Waals surface area contributed by atoms with Crippen molar-refractivity contribution in [2.24, 2.45) is 0 Å². The van der Waals surface area contributed by atoms with E-state index in [1.54, 1.807) is 13.2 Å². The van der Waals surface area contributed by atoms with Crippen molar-refractivity contribution in [1.29, 1.82) is 0 Å². The highest BCUT2D eigenvalue weighted by molar-refractivity contribution is 7.89. The van der Waals surface area contributed by atoms with Crippen LogP contribution in [0.4, 0.5) is 0 Å². The third-order valence-corrected chi connectivity index (χ3v) is 4.64. The van der Waals surface area contributed by atoms with Gasteiger partial charge in [0.1, 0.15) is 5.75 Å². The Morgan fingerprint density at radius 3 is 2.55 bits per heavy atom. The van der Waals surface area contributed by atoms with Gasteiger partial charge in [-0.2, -0.15) is 0 Å². The Bertz CT molecular complexity index is 555. The lowest BCUT2D eigenvalue weighted by Gasteiger charge is -2.12. The molecule has 0 aliphatic rings. The molecule has 0 atom stereocenters. The standard InChI is InChI=1S/C13H20N2O4S/c1-15(2)20(17,18)9-8-13(16)14-10-11-6-4-5-7-12(11)19-3/h4-7H,8-10H2,1-3H3,(H,14,16). The molecule has 0 radical (unpaired) electrons. The highest BCUT2D eigenvalue weighted by Crippen LogP contribution is 2.16. The van der Waals surface area contributed by atoms with Crippen molar-refractivity contribution in [3.8, 4) is 5.75 Å². The van der Waals surface area contributed by atoms with Crippen LogP contribution in [-0.2, 0) is 21.4 Å². The quantitative estimate of drug-likeness (QED) is 0.800. The molecular weight excluding hydrogens is 280 g/mol. The fourth-order valence-electron chi connectivity index (χ4n) is 1.54. The number of nitrogens with one attached hydrogen (secondary N) is 1. The number of nitrogens with zero attached hydrogens (tertiary/aromatic N) is 1. The van der Waals surface area contributed by atoms with Gasteiger partial charge in [0.15, 0.2) is 0 Å². The van der Waals surface area contributed by atoms with Gasteiger partial charge in [-0.25, -0.2) is 12.7 Å². The molecule has 0 spiro atoms. The molecule has 0 aliphatic heterocycles. The Morgan fingerprint density at radius 1 is 1.30 bits per heavy atom. The van der Waals surface area contributed by atoms with Crippen molar-refractivity contribution in [3.05, 3.63) is 29.8 Å². The fourth-order valence-corrected chi connectivity index (χ4v) is 2.34. The van der Waals surface area contributed by atoms with Crippen LogP contribution in [0.15, 0.2) is 24.3 Å². The van der Waals surface area contributed by atoms with Gasteiger partial charge in [0, 0.05) is 32.6 Å². The molecule has 0 aliphatic carbocycles. The SMILES string of the molecule is COc1ccccc1CNC(=O)CCS(=O)(=O)N(C)C. The van der Waals surface area contributed by atoms with E-state index in [0.29, 0.717) is 12.3 Å². The second-order valence-corrected chi connectivity index (χ2v) is 6.74. The molecule has 0 saturated carbocycles. The lowest BCUT2D eigenvalue weighted by atomic mass is 10.2. The zero-order valence-corrected chi connectivity index (χ0v) is 12.7. The van der Waals surface area contributed by atoms with E-state index in [1.165, 1.54) is 14.1 Å². The smallest absolute Gasteiger partial charge is 0.221 e. The normalized spacial score (nSPS) is 11.4. The molecule has 1 aromatic rings. The van der Waals surface area contributed by atoms with E-state index in [4.69, 9.17) is 4.74 Å². The van der Waals surface area contributed by atoms with Crippen LogP contribution >= 0.6 is 0 Å². The molecule has 1 rings (SSSR count). The molecule has 0 bridgehead atoms. The van der Waals surface area contributed by atoms with Crippen molar-refractivity contribution in [2.75, 3.05) is 27.0 Å². The molecule has 112 valence electrons. The van der Waals surface area contributed by atoms with Crippen LogP contribution in [0.25, 0.3) is 0 Å². The number of para-hydroxylation sites is 1. The van der Waals surface area contributed by atoms with E-state index >= 15 is 0 Å². The first-order valence-corrected chi connectivity index (χ1v) is 7.76. The van der Waals surface area contributed by atoms with E-state index in [2.05, 4.69) is 5.32 Å². The monoisotopic (exact) mass is 300 g/mol. The summed E-state index contributed by atoms with van der Waals surface area (Å²) in [4.78, 5) is 11.7. The third kappa shape index (κ3) is 4.82. The van der Waals surface area contributed by atoms with E-state index < -0.39 is 10.0 Å². The number of hydrogen-bond donors (Lipinski definition) is 1. The number of carbonyl (C=O) groups excluding carboxylic acids is 1. The summed E-state index contributed by atoms with van der Waals surface area (Å²) in [7, 11) is 1.11. The van der Waals surface area contributed by atoms with Crippen molar-refractivity contribution >= 4 is 15.9 Å². The lowest BCUT2D eigenvalue weighted by molar-refractivity contribution is -0.120. The van der Waals surface area contributed by atoms with Gasteiger partial charge in [-0.15, -0.1) is 0 Å². The Balaban J connectivity index is 2.48. The maximum absolute atomic E-state index is 11.7. The van der Waals surface area contributed by atoms with Crippen LogP contribution in [0.1, 0.15) is 12.0 Å². The zero-order valence-electron chi connectivity index (χ0n) is 11.9. The number of benzene rings is 1. The number of carbonyl (C=O) groups is 1. The van der Waals surface area contributed by atoms with Crippen molar-refractivity contribution < 1.29 is 17.9 Å². The number of hydrogen-bond acceptors (Lipinski definition) is 4. The van der Waals surface area contributed by atoms with Gasteiger partial charge in [0.25, 0.3) is 0 Å². The lowest BCUT2D eigenvalue weighted by Crippen LogP contribution is -2.30. The molecule has 7 heteroatoms. The van der Waals surface area contributed by atoms with Crippen LogP contribution in [0.5, 0.6) is 5.75 Å². The average Bonchev–Trinajstić information content (AvgIpc) is 2.43. The predicted octanol–water partition coefficient (Wildman–Crippen LogP) is 0.593. The van der Waals surface area contributed by atoms with Gasteiger partial charge in [-0.3, -0.25) is 4.79 Å². The molecule has 0 saturated heterocycles. The molecule has 6 nitrogen and oxygen atoms in total. The molecule has 0 heterocycles. The highest BCUT2D eigenvalue weighted by atomic mass is 32.2. The summed E-state index contributed by atoms with van der Waals surface area (Å²) in [5.41, 5.74) is 0.846. The van der Waals surface area contributed by atoms with Crippen molar-refractivity contribution in [2.45, 2.75) is 13.0 Å². The van der Waals surface area contributed by atoms with E-state index in [-0.39, 0.29) is 18.1 Å². The van der Waals surface area contributed by atoms with Crippen LogP contribution in [0.3, 0.4) is 0 Å². The highest BCUT2D eigenvalue weighted by Gasteiger charge is 2.15. The van der Waals surface area contributed by atoms with E-state index in [0.717, 1.165) is 9.87 Å². The first-order valence-electron chi connectivity index (χ1n) is 6.15. The molecule has 1 N–H and O–H groups in total. The summed E-state index contributed by atoms with van der Waals surface area (Å²) in [6, 6.07) is 7.34. The molecule has 20 heavy (non-hydrogen) atoms. The Hall–Kier alpha value is -1.60. The summed E-state index contributed by atoms with van der Waals surface area (Å²) in [6.07, 6.45) is -0.0599. The summed E-state index contributed by atoms with van der Waals surface area (Å²) in [6.45, 7) is 0.310. The Labute approximate surface area is 119 Å². The molecular formula is C13H20N2O4S. The van der Waals surface area contributed by atoms with Gasteiger partial charge in [0.2, 0.25) is 15.9 Å². The number of amides is 1. The number of ether oxygens (including phenoxy) is 1. The van der Waals surface area contributed by atoms with Crippen LogP contribution in [-0.4, -0.2) is 45.6 Å². The minimum Gasteiger partial charge on any atom is -0.496 e. The topological polar surface area (TPSA) is 75.7 Å². The molecule has 0 aromatic heterocycles. The fraction of sp³-hybridized carbons (Fsp3) is 0.462. The van der Waals surface area contributed by atoms with Gasteiger partial charge in [0.05, 0.1) is 12.9 Å². The molecule has 0 fully saturated rings. The summed E-state index contributed by atoms with van der Waals surface area (Å²) in [5.74, 6) is 0.188. The average molecular weight is 300 g/mol. The van der Waals surface area contributed by atoms with Gasteiger partial charge in [-0.1, -0.05) is 18.2 Å². The van der Waals surface area contributed by atoms with E-state index in [9.17, 15) is 13.2 Å². The summed E-state index contributed by atoms with van der Waals surface area (Å²) in [5, 5.41) is 2.68. The minimum absolute atomic E-state index is 0.0599. The summed E-state index contributed by atoms with van der Waals surface area (Å²) >= 11 is 0. The van der Waals surface area contributed by atoms with E-state index in [1.807, 2.05) is 18.2 Å². The van der Waals surface area contributed by atoms with Crippen LogP contribution < -0.4 is 10.1 Å². The largest absolute Gasteiger partial charge is 0.496 e. The Kier molecular flexibility index (Phi) is 5.97. The predicted molar refractivity (Wildman–Crippen MR) is 76.9 cm³/mol. The number of sulfonamides is 1. The zero-order chi connectivity index (χ0) is 15.2. The maximum Gasteiger partial charge on any atom is 0.221 e. The van der Waals surface area contributed by atoms with Gasteiger partial charge < -0.3 is 10.1 Å². The maximum atomic E-state index is 11.7. The first kappa shape index (κ1) is 16.5. The second-order valence-electron chi connectivity index (χ2n) is 4.44. The second kappa shape index (κ2) is 7.25. The first-order chi connectivity index (χ1) is 9.36. The molecule has 0 unspecified atom stereocenters. The minimum atomic E-state index is -3.34. The molecule has 1 aromatic carbocycles. The van der Waals surface area contributed by atoms with Gasteiger partial charge >= 0.3 is 0 Å². The van der Waals surface area contributed by atoms with Crippen molar-refractivity contribution in [3.63, 3.8) is 0 Å². The third-order valence-electron chi connectivity index (χ3n) is 2.81.